The molecule has 0 atom stereocenters. The van der Waals surface area contributed by atoms with Crippen molar-refractivity contribution in [2.75, 3.05) is 45.4 Å². The highest BCUT2D eigenvalue weighted by Crippen LogP contribution is 1.83. The van der Waals surface area contributed by atoms with E-state index < -0.39 is 9.84 Å². The van der Waals surface area contributed by atoms with Crippen LogP contribution in [0.1, 0.15) is 0 Å². The lowest BCUT2D eigenvalue weighted by atomic mass is 10.6. The van der Waals surface area contributed by atoms with Crippen molar-refractivity contribution >= 4 is 39.8 Å². The van der Waals surface area contributed by atoms with Crippen molar-refractivity contribution in [1.29, 1.82) is 0 Å². The average molecular weight is 391 g/mol. The van der Waals surface area contributed by atoms with Crippen molar-refractivity contribution < 1.29 is 13.2 Å². The molecule has 0 aliphatic carbocycles. The summed E-state index contributed by atoms with van der Waals surface area (Å²) >= 11 is 0. The molecule has 0 aromatic rings. The Morgan fingerprint density at radius 3 is 2.56 bits per heavy atom. The molecule has 0 radical (unpaired) electrons. The number of hydrogen-bond donors (Lipinski definition) is 2. The Bertz CT molecular complexity index is 344. The minimum Gasteiger partial charge on any atom is -0.379 e. The second-order valence-electron chi connectivity index (χ2n) is 3.41. The summed E-state index contributed by atoms with van der Waals surface area (Å²) in [6.07, 6.45) is 2.92. The van der Waals surface area contributed by atoms with E-state index in [1.165, 1.54) is 6.26 Å². The molecule has 0 bridgehead atoms. The third-order valence-corrected chi connectivity index (χ3v) is 2.68. The molecule has 0 aliphatic rings. The van der Waals surface area contributed by atoms with Crippen LogP contribution >= 0.6 is 24.0 Å². The van der Waals surface area contributed by atoms with Crippen LogP contribution in [-0.4, -0.2) is 59.7 Å². The summed E-state index contributed by atoms with van der Waals surface area (Å²) < 4.78 is 26.8. The van der Waals surface area contributed by atoms with Crippen LogP contribution in [0, 0.1) is 0 Å². The Kier molecular flexibility index (Phi) is 13.0. The lowest BCUT2D eigenvalue weighted by Crippen LogP contribution is -2.39. The summed E-state index contributed by atoms with van der Waals surface area (Å²) in [5.41, 5.74) is 0. The van der Waals surface area contributed by atoms with Gasteiger partial charge in [0, 0.05) is 26.4 Å². The number of ether oxygens (including phenoxy) is 1. The zero-order chi connectivity index (χ0) is 13.1. The number of nitrogens with zero attached hydrogens (tertiary/aromatic N) is 1. The number of halogens is 1. The molecule has 0 saturated heterocycles. The maximum Gasteiger partial charge on any atom is 0.191 e. The molecule has 2 N–H and O–H groups in total. The highest BCUT2D eigenvalue weighted by atomic mass is 127. The maximum absolute atomic E-state index is 10.8. The standard InChI is InChI=1S/C10H21N3O3S.HI/c1-4-5-12-10(11-2)13-6-7-16-8-9-17(3,14)15;/h4H,1,5-9H2,2-3H3,(H2,11,12,13);1H. The van der Waals surface area contributed by atoms with Gasteiger partial charge < -0.3 is 15.4 Å². The van der Waals surface area contributed by atoms with Gasteiger partial charge in [-0.15, -0.1) is 30.6 Å². The van der Waals surface area contributed by atoms with Crippen LogP contribution < -0.4 is 10.6 Å². The third kappa shape index (κ3) is 13.7. The molecule has 18 heavy (non-hydrogen) atoms. The Balaban J connectivity index is 0. The van der Waals surface area contributed by atoms with Crippen molar-refractivity contribution in [3.8, 4) is 0 Å². The van der Waals surface area contributed by atoms with E-state index in [1.54, 1.807) is 13.1 Å². The van der Waals surface area contributed by atoms with E-state index in [4.69, 9.17) is 4.74 Å². The number of sulfone groups is 1. The molecule has 0 fully saturated rings. The fourth-order valence-electron chi connectivity index (χ4n) is 0.943. The molecular weight excluding hydrogens is 369 g/mol. The fourth-order valence-corrected chi connectivity index (χ4v) is 1.36. The minimum absolute atomic E-state index is 0. The van der Waals surface area contributed by atoms with E-state index in [1.807, 2.05) is 0 Å². The number of guanidine groups is 1. The highest BCUT2D eigenvalue weighted by molar-refractivity contribution is 14.0. The molecule has 0 spiro atoms. The Morgan fingerprint density at radius 1 is 1.39 bits per heavy atom. The molecule has 0 rings (SSSR count). The Labute approximate surface area is 126 Å². The van der Waals surface area contributed by atoms with Gasteiger partial charge in [0.15, 0.2) is 5.96 Å². The van der Waals surface area contributed by atoms with E-state index in [0.717, 1.165) is 0 Å². The highest BCUT2D eigenvalue weighted by Gasteiger charge is 2.01. The molecule has 0 aromatic carbocycles. The summed E-state index contributed by atoms with van der Waals surface area (Å²) in [7, 11) is -1.27. The molecule has 0 saturated carbocycles. The van der Waals surface area contributed by atoms with Gasteiger partial charge in [0.05, 0.1) is 19.0 Å². The lowest BCUT2D eigenvalue weighted by Gasteiger charge is -2.10. The quantitative estimate of drug-likeness (QED) is 0.201. The summed E-state index contributed by atoms with van der Waals surface area (Å²) in [6, 6.07) is 0. The number of hydrogen-bond acceptors (Lipinski definition) is 4. The van der Waals surface area contributed by atoms with Crippen molar-refractivity contribution in [3.05, 3.63) is 12.7 Å². The van der Waals surface area contributed by atoms with Gasteiger partial charge >= 0.3 is 0 Å². The zero-order valence-electron chi connectivity index (χ0n) is 10.8. The second-order valence-corrected chi connectivity index (χ2v) is 5.67. The average Bonchev–Trinajstić information content (AvgIpc) is 2.25. The van der Waals surface area contributed by atoms with Gasteiger partial charge in [-0.2, -0.15) is 0 Å². The maximum atomic E-state index is 10.8. The normalized spacial score (nSPS) is 11.6. The van der Waals surface area contributed by atoms with Gasteiger partial charge in [0.25, 0.3) is 0 Å². The van der Waals surface area contributed by atoms with Gasteiger partial charge in [0.2, 0.25) is 0 Å². The van der Waals surface area contributed by atoms with Crippen LogP contribution in [0.2, 0.25) is 0 Å². The van der Waals surface area contributed by atoms with Crippen LogP contribution in [-0.2, 0) is 14.6 Å². The molecule has 6 nitrogen and oxygen atoms in total. The number of aliphatic imine (C=N–C) groups is 1. The SMILES string of the molecule is C=CCNC(=NC)NCCOCCS(C)(=O)=O.I. The van der Waals surface area contributed by atoms with Gasteiger partial charge in [-0.1, -0.05) is 6.08 Å². The Hall–Kier alpha value is -0.350. The van der Waals surface area contributed by atoms with Crippen LogP contribution in [0.15, 0.2) is 17.6 Å². The van der Waals surface area contributed by atoms with E-state index >= 15 is 0 Å². The first-order valence-electron chi connectivity index (χ1n) is 5.30. The van der Waals surface area contributed by atoms with E-state index in [9.17, 15) is 8.42 Å². The number of rotatable bonds is 8. The smallest absolute Gasteiger partial charge is 0.191 e. The Morgan fingerprint density at radius 2 is 2.06 bits per heavy atom. The predicted octanol–water partition coefficient (Wildman–Crippen LogP) is 0.0166. The monoisotopic (exact) mass is 391 g/mol. The molecule has 0 aliphatic heterocycles. The molecule has 0 unspecified atom stereocenters. The second kappa shape index (κ2) is 11.7. The topological polar surface area (TPSA) is 79.8 Å². The summed E-state index contributed by atoms with van der Waals surface area (Å²) in [5, 5.41) is 6.02. The molecular formula is C10H22IN3O3S. The number of nitrogens with one attached hydrogen (secondary N) is 2. The molecule has 108 valence electrons. The van der Waals surface area contributed by atoms with Crippen molar-refractivity contribution in [3.63, 3.8) is 0 Å². The van der Waals surface area contributed by atoms with Crippen molar-refractivity contribution in [2.45, 2.75) is 0 Å². The summed E-state index contributed by atoms with van der Waals surface area (Å²) in [4.78, 5) is 3.98. The zero-order valence-corrected chi connectivity index (χ0v) is 14.0. The summed E-state index contributed by atoms with van der Waals surface area (Å²) in [6.45, 7) is 5.44. The molecule has 8 heteroatoms. The minimum atomic E-state index is -2.94. The largest absolute Gasteiger partial charge is 0.379 e. The van der Waals surface area contributed by atoms with Crippen LogP contribution in [0.5, 0.6) is 0 Å². The first kappa shape index (κ1) is 20.0. The third-order valence-electron chi connectivity index (χ3n) is 1.77. The van der Waals surface area contributed by atoms with E-state index in [0.29, 0.717) is 25.7 Å². The molecule has 0 aromatic heterocycles. The molecule has 0 amide bonds. The lowest BCUT2D eigenvalue weighted by molar-refractivity contribution is 0.154. The molecule has 0 heterocycles. The van der Waals surface area contributed by atoms with Crippen LogP contribution in [0.25, 0.3) is 0 Å². The van der Waals surface area contributed by atoms with Crippen molar-refractivity contribution in [2.24, 2.45) is 4.99 Å². The van der Waals surface area contributed by atoms with E-state index in [2.05, 4.69) is 22.2 Å². The first-order chi connectivity index (χ1) is 7.99. The van der Waals surface area contributed by atoms with Crippen LogP contribution in [0.3, 0.4) is 0 Å². The van der Waals surface area contributed by atoms with Crippen molar-refractivity contribution in [1.82, 2.24) is 10.6 Å². The van der Waals surface area contributed by atoms with E-state index in [-0.39, 0.29) is 36.3 Å². The van der Waals surface area contributed by atoms with Gasteiger partial charge in [-0.25, -0.2) is 8.42 Å². The van der Waals surface area contributed by atoms with Gasteiger partial charge in [-0.05, 0) is 0 Å². The summed E-state index contributed by atoms with van der Waals surface area (Å²) in [5.74, 6) is 0.716. The fraction of sp³-hybridized carbons (Fsp3) is 0.700. The van der Waals surface area contributed by atoms with Crippen LogP contribution in [0.4, 0.5) is 0 Å². The van der Waals surface area contributed by atoms with Gasteiger partial charge in [0.1, 0.15) is 9.84 Å². The van der Waals surface area contributed by atoms with Gasteiger partial charge in [-0.3, -0.25) is 4.99 Å². The first-order valence-corrected chi connectivity index (χ1v) is 7.36. The predicted molar refractivity (Wildman–Crippen MR) is 85.5 cm³/mol.